The SMILES string of the molecule is COC(=O)[C@H](C)NC(=O)[C@H](N)Cc1c[nH]c2ccccc12. The minimum absolute atomic E-state index is 0.377. The fourth-order valence-electron chi connectivity index (χ4n) is 2.19. The Morgan fingerprint density at radius 3 is 2.81 bits per heavy atom. The quantitative estimate of drug-likeness (QED) is 0.706. The number of nitrogens with one attached hydrogen (secondary N) is 2. The Kier molecular flexibility index (Phi) is 4.59. The van der Waals surface area contributed by atoms with E-state index in [0.29, 0.717) is 6.42 Å². The maximum atomic E-state index is 12.0. The van der Waals surface area contributed by atoms with Crippen molar-refractivity contribution in [1.82, 2.24) is 10.3 Å². The highest BCUT2D eigenvalue weighted by Crippen LogP contribution is 2.18. The summed E-state index contributed by atoms with van der Waals surface area (Å²) in [5, 5.41) is 3.59. The molecule has 0 saturated heterocycles. The van der Waals surface area contributed by atoms with Gasteiger partial charge in [-0.25, -0.2) is 4.79 Å². The number of benzene rings is 1. The second-order valence-electron chi connectivity index (χ2n) is 4.92. The van der Waals surface area contributed by atoms with Crippen molar-refractivity contribution in [3.05, 3.63) is 36.0 Å². The second kappa shape index (κ2) is 6.41. The molecule has 1 aromatic heterocycles. The molecule has 0 radical (unpaired) electrons. The molecule has 6 nitrogen and oxygen atoms in total. The van der Waals surface area contributed by atoms with Crippen LogP contribution in [0.1, 0.15) is 12.5 Å². The number of esters is 1. The van der Waals surface area contributed by atoms with E-state index in [9.17, 15) is 9.59 Å². The molecule has 1 aromatic carbocycles. The van der Waals surface area contributed by atoms with Crippen molar-refractivity contribution in [2.75, 3.05) is 7.11 Å². The number of aromatic nitrogens is 1. The summed E-state index contributed by atoms with van der Waals surface area (Å²) < 4.78 is 4.56. The van der Waals surface area contributed by atoms with Gasteiger partial charge < -0.3 is 20.8 Å². The topological polar surface area (TPSA) is 97.2 Å². The van der Waals surface area contributed by atoms with Crippen molar-refractivity contribution in [1.29, 1.82) is 0 Å². The van der Waals surface area contributed by atoms with E-state index in [1.54, 1.807) is 6.92 Å². The van der Waals surface area contributed by atoms with Gasteiger partial charge in [0.15, 0.2) is 0 Å². The number of nitrogens with two attached hydrogens (primary N) is 1. The lowest BCUT2D eigenvalue weighted by molar-refractivity contribution is -0.144. The van der Waals surface area contributed by atoms with E-state index >= 15 is 0 Å². The molecule has 2 rings (SSSR count). The Labute approximate surface area is 122 Å². The van der Waals surface area contributed by atoms with Crippen LogP contribution in [0.25, 0.3) is 10.9 Å². The molecule has 6 heteroatoms. The molecule has 0 saturated carbocycles. The second-order valence-corrected chi connectivity index (χ2v) is 4.92. The molecule has 1 amide bonds. The van der Waals surface area contributed by atoms with Crippen LogP contribution in [0.5, 0.6) is 0 Å². The summed E-state index contributed by atoms with van der Waals surface area (Å²) in [5.74, 6) is -0.874. The first-order valence-corrected chi connectivity index (χ1v) is 6.71. The van der Waals surface area contributed by atoms with E-state index in [1.165, 1.54) is 7.11 Å². The van der Waals surface area contributed by atoms with Gasteiger partial charge in [0.25, 0.3) is 0 Å². The minimum Gasteiger partial charge on any atom is -0.467 e. The highest BCUT2D eigenvalue weighted by atomic mass is 16.5. The molecule has 4 N–H and O–H groups in total. The van der Waals surface area contributed by atoms with E-state index in [0.717, 1.165) is 16.5 Å². The average molecular weight is 289 g/mol. The summed E-state index contributed by atoms with van der Waals surface area (Å²) in [5.41, 5.74) is 7.89. The molecule has 2 atom stereocenters. The van der Waals surface area contributed by atoms with Crippen molar-refractivity contribution in [3.63, 3.8) is 0 Å². The average Bonchev–Trinajstić information content (AvgIpc) is 2.89. The highest BCUT2D eigenvalue weighted by molar-refractivity contribution is 5.88. The van der Waals surface area contributed by atoms with Gasteiger partial charge in [0, 0.05) is 17.1 Å². The molecule has 21 heavy (non-hydrogen) atoms. The van der Waals surface area contributed by atoms with Gasteiger partial charge in [0.1, 0.15) is 6.04 Å². The van der Waals surface area contributed by atoms with E-state index in [4.69, 9.17) is 5.73 Å². The summed E-state index contributed by atoms with van der Waals surface area (Å²) in [7, 11) is 1.27. The number of carbonyl (C=O) groups is 2. The number of hydrogen-bond acceptors (Lipinski definition) is 4. The van der Waals surface area contributed by atoms with Gasteiger partial charge in [0.05, 0.1) is 13.2 Å². The zero-order chi connectivity index (χ0) is 15.4. The summed E-state index contributed by atoms with van der Waals surface area (Å²) in [6, 6.07) is 6.37. The lowest BCUT2D eigenvalue weighted by Gasteiger charge is -2.15. The van der Waals surface area contributed by atoms with Crippen LogP contribution in [0, 0.1) is 0 Å². The zero-order valence-corrected chi connectivity index (χ0v) is 12.1. The number of amides is 1. The van der Waals surface area contributed by atoms with E-state index in [1.807, 2.05) is 30.5 Å². The first-order valence-electron chi connectivity index (χ1n) is 6.71. The molecule has 0 spiro atoms. The number of para-hydroxylation sites is 1. The number of ether oxygens (including phenoxy) is 1. The number of methoxy groups -OCH3 is 1. The Morgan fingerprint density at radius 1 is 1.38 bits per heavy atom. The van der Waals surface area contributed by atoms with Gasteiger partial charge in [-0.05, 0) is 25.0 Å². The van der Waals surface area contributed by atoms with Crippen LogP contribution < -0.4 is 11.1 Å². The molecule has 112 valence electrons. The molecule has 0 fully saturated rings. The van der Waals surface area contributed by atoms with Crippen molar-refractivity contribution < 1.29 is 14.3 Å². The number of H-pyrrole nitrogens is 1. The molecule has 0 unspecified atom stereocenters. The predicted molar refractivity (Wildman–Crippen MR) is 79.6 cm³/mol. The molecule has 2 aromatic rings. The number of rotatable bonds is 5. The van der Waals surface area contributed by atoms with Crippen LogP contribution >= 0.6 is 0 Å². The van der Waals surface area contributed by atoms with Crippen molar-refractivity contribution >= 4 is 22.8 Å². The third-order valence-corrected chi connectivity index (χ3v) is 3.37. The summed E-state index contributed by atoms with van der Waals surface area (Å²) >= 11 is 0. The predicted octanol–water partition coefficient (Wildman–Crippen LogP) is 0.715. The molecule has 0 bridgehead atoms. The van der Waals surface area contributed by atoms with E-state index in [-0.39, 0.29) is 5.91 Å². The smallest absolute Gasteiger partial charge is 0.328 e. The Hall–Kier alpha value is -2.34. The third-order valence-electron chi connectivity index (χ3n) is 3.37. The van der Waals surface area contributed by atoms with Gasteiger partial charge in [-0.15, -0.1) is 0 Å². The van der Waals surface area contributed by atoms with E-state index in [2.05, 4.69) is 15.0 Å². The zero-order valence-electron chi connectivity index (χ0n) is 12.1. The molecule has 0 aliphatic heterocycles. The van der Waals surface area contributed by atoms with Crippen LogP contribution in [0.2, 0.25) is 0 Å². The van der Waals surface area contributed by atoms with Crippen molar-refractivity contribution in [2.24, 2.45) is 5.73 Å². The van der Waals surface area contributed by atoms with Gasteiger partial charge >= 0.3 is 5.97 Å². The Bertz CT molecular complexity index is 650. The van der Waals surface area contributed by atoms with Crippen LogP contribution in [-0.2, 0) is 20.7 Å². The number of fused-ring (bicyclic) bond motifs is 1. The lowest BCUT2D eigenvalue weighted by atomic mass is 10.0. The number of aromatic amines is 1. The van der Waals surface area contributed by atoms with Gasteiger partial charge in [-0.1, -0.05) is 18.2 Å². The van der Waals surface area contributed by atoms with Crippen molar-refractivity contribution in [3.8, 4) is 0 Å². The fraction of sp³-hybridized carbons (Fsp3) is 0.333. The summed E-state index contributed by atoms with van der Waals surface area (Å²) in [6.07, 6.45) is 2.24. The largest absolute Gasteiger partial charge is 0.467 e. The summed E-state index contributed by atoms with van der Waals surface area (Å²) in [6.45, 7) is 1.56. The maximum Gasteiger partial charge on any atom is 0.328 e. The normalized spacial score (nSPS) is 13.7. The molecule has 1 heterocycles. The van der Waals surface area contributed by atoms with E-state index < -0.39 is 18.1 Å². The Morgan fingerprint density at radius 2 is 2.10 bits per heavy atom. The van der Waals surface area contributed by atoms with Crippen molar-refractivity contribution in [2.45, 2.75) is 25.4 Å². The van der Waals surface area contributed by atoms with Crippen LogP contribution in [0.3, 0.4) is 0 Å². The maximum absolute atomic E-state index is 12.0. The minimum atomic E-state index is -0.726. The standard InChI is InChI=1S/C15H19N3O3/c1-9(15(20)21-2)18-14(19)12(16)7-10-8-17-13-6-4-3-5-11(10)13/h3-6,8-9,12,17H,7,16H2,1-2H3,(H,18,19)/t9-,12+/m0/s1. The monoisotopic (exact) mass is 289 g/mol. The third kappa shape index (κ3) is 3.41. The van der Waals surface area contributed by atoms with Gasteiger partial charge in [-0.2, -0.15) is 0 Å². The molecular weight excluding hydrogens is 270 g/mol. The van der Waals surface area contributed by atoms with Crippen LogP contribution in [0.4, 0.5) is 0 Å². The summed E-state index contributed by atoms with van der Waals surface area (Å²) in [4.78, 5) is 26.4. The first kappa shape index (κ1) is 15.1. The first-order chi connectivity index (χ1) is 10.0. The number of carbonyl (C=O) groups excluding carboxylic acids is 2. The lowest BCUT2D eigenvalue weighted by Crippen LogP contribution is -2.48. The molecule has 0 aliphatic carbocycles. The molecular formula is C15H19N3O3. The fourth-order valence-corrected chi connectivity index (χ4v) is 2.19. The molecule has 0 aliphatic rings. The van der Waals surface area contributed by atoms with Crippen LogP contribution in [0.15, 0.2) is 30.5 Å². The highest BCUT2D eigenvalue weighted by Gasteiger charge is 2.21. The van der Waals surface area contributed by atoms with Gasteiger partial charge in [-0.3, -0.25) is 4.79 Å². The Balaban J connectivity index is 2.02. The van der Waals surface area contributed by atoms with Crippen LogP contribution in [-0.4, -0.2) is 36.1 Å². The number of hydrogen-bond donors (Lipinski definition) is 3. The van der Waals surface area contributed by atoms with Gasteiger partial charge in [0.2, 0.25) is 5.91 Å².